The number of ether oxygens (including phenoxy) is 2. The van der Waals surface area contributed by atoms with Crippen LogP contribution in [-0.2, 0) is 11.3 Å². The van der Waals surface area contributed by atoms with Gasteiger partial charge in [0.2, 0.25) is 5.91 Å². The van der Waals surface area contributed by atoms with E-state index in [2.05, 4.69) is 15.5 Å². The number of methoxy groups -OCH3 is 1. The first-order chi connectivity index (χ1) is 14.1. The van der Waals surface area contributed by atoms with Gasteiger partial charge in [-0.2, -0.15) is 0 Å². The van der Waals surface area contributed by atoms with Crippen LogP contribution in [0.25, 0.3) is 0 Å². The van der Waals surface area contributed by atoms with Gasteiger partial charge in [-0.1, -0.05) is 25.3 Å². The summed E-state index contributed by atoms with van der Waals surface area (Å²) in [5.41, 5.74) is 1.06. The molecule has 0 radical (unpaired) electrons. The van der Waals surface area contributed by atoms with E-state index in [1.807, 2.05) is 18.2 Å². The van der Waals surface area contributed by atoms with Crippen molar-refractivity contribution in [3.8, 4) is 11.5 Å². The number of amides is 1. The summed E-state index contributed by atoms with van der Waals surface area (Å²) in [4.78, 5) is 13.2. The van der Waals surface area contributed by atoms with E-state index in [0.717, 1.165) is 18.7 Å². The molecule has 164 valence electrons. The number of aliphatic hydroxyl groups is 1. The van der Waals surface area contributed by atoms with Crippen molar-refractivity contribution in [1.29, 1.82) is 0 Å². The van der Waals surface area contributed by atoms with Crippen molar-refractivity contribution in [2.75, 3.05) is 46.4 Å². The lowest BCUT2D eigenvalue weighted by atomic mass is 10.1. The molecule has 0 aliphatic carbocycles. The molecule has 1 atom stereocenters. The summed E-state index contributed by atoms with van der Waals surface area (Å²) in [5.74, 6) is 1.27. The minimum atomic E-state index is -0.529. The molecule has 1 unspecified atom stereocenters. The van der Waals surface area contributed by atoms with Gasteiger partial charge in [0.25, 0.3) is 0 Å². The van der Waals surface area contributed by atoms with Gasteiger partial charge >= 0.3 is 0 Å². The van der Waals surface area contributed by atoms with E-state index in [4.69, 9.17) is 9.47 Å². The third-order valence-corrected chi connectivity index (χ3v) is 5.08. The van der Waals surface area contributed by atoms with Crippen LogP contribution in [0.2, 0.25) is 0 Å². The average molecular weight is 408 g/mol. The number of carbonyl (C=O) groups is 1. The maximum absolute atomic E-state index is 10.9. The Morgan fingerprint density at radius 3 is 2.55 bits per heavy atom. The molecule has 1 fully saturated rings. The third-order valence-electron chi connectivity index (χ3n) is 5.08. The van der Waals surface area contributed by atoms with Gasteiger partial charge in [0.05, 0.1) is 7.11 Å². The quantitative estimate of drug-likeness (QED) is 0.486. The second-order valence-electron chi connectivity index (χ2n) is 7.68. The van der Waals surface area contributed by atoms with Crippen LogP contribution < -0.4 is 20.1 Å². The molecule has 0 bridgehead atoms. The van der Waals surface area contributed by atoms with Gasteiger partial charge in [0.1, 0.15) is 12.7 Å². The number of benzene rings is 1. The lowest BCUT2D eigenvalue weighted by Crippen LogP contribution is -2.37. The topological polar surface area (TPSA) is 83.1 Å². The summed E-state index contributed by atoms with van der Waals surface area (Å²) in [5, 5.41) is 16.5. The first-order valence-electron chi connectivity index (χ1n) is 10.7. The van der Waals surface area contributed by atoms with Crippen molar-refractivity contribution in [3.63, 3.8) is 0 Å². The smallest absolute Gasteiger partial charge is 0.216 e. The van der Waals surface area contributed by atoms with Crippen LogP contribution in [0.4, 0.5) is 0 Å². The molecular formula is C22H37N3O4. The first kappa shape index (κ1) is 23.4. The van der Waals surface area contributed by atoms with E-state index in [0.29, 0.717) is 37.7 Å². The number of hydrogen-bond donors (Lipinski definition) is 3. The van der Waals surface area contributed by atoms with E-state index in [1.165, 1.54) is 39.0 Å². The number of carbonyl (C=O) groups excluding carboxylic acids is 1. The Balaban J connectivity index is 1.80. The SMILES string of the molecule is COc1ccc(CNCCNC(C)=O)cc1OCC(O)CN1CCCCCCC1. The van der Waals surface area contributed by atoms with Gasteiger partial charge in [-0.15, -0.1) is 0 Å². The Labute approximate surface area is 174 Å². The van der Waals surface area contributed by atoms with Gasteiger partial charge in [-0.05, 0) is 43.6 Å². The number of rotatable bonds is 11. The molecule has 2 rings (SSSR count). The Morgan fingerprint density at radius 2 is 1.86 bits per heavy atom. The monoisotopic (exact) mass is 407 g/mol. The molecule has 1 aromatic carbocycles. The van der Waals surface area contributed by atoms with Crippen LogP contribution >= 0.6 is 0 Å². The maximum atomic E-state index is 10.9. The van der Waals surface area contributed by atoms with Crippen LogP contribution in [0.1, 0.15) is 44.6 Å². The van der Waals surface area contributed by atoms with Gasteiger partial charge in [0, 0.05) is 33.1 Å². The zero-order valence-electron chi connectivity index (χ0n) is 17.9. The van der Waals surface area contributed by atoms with E-state index in [9.17, 15) is 9.90 Å². The van der Waals surface area contributed by atoms with Crippen LogP contribution in [-0.4, -0.2) is 68.5 Å². The first-order valence-corrected chi connectivity index (χ1v) is 10.7. The highest BCUT2D eigenvalue weighted by atomic mass is 16.5. The second-order valence-corrected chi connectivity index (χ2v) is 7.68. The van der Waals surface area contributed by atoms with Gasteiger partial charge in [-0.3, -0.25) is 4.79 Å². The fourth-order valence-corrected chi connectivity index (χ4v) is 3.54. The van der Waals surface area contributed by atoms with E-state index in [-0.39, 0.29) is 12.5 Å². The summed E-state index contributed by atoms with van der Waals surface area (Å²) in [6.45, 7) is 6.46. The number of nitrogens with one attached hydrogen (secondary N) is 2. The van der Waals surface area contributed by atoms with Crippen LogP contribution in [0.3, 0.4) is 0 Å². The number of hydrogen-bond acceptors (Lipinski definition) is 6. The fraction of sp³-hybridized carbons (Fsp3) is 0.682. The molecule has 7 nitrogen and oxygen atoms in total. The molecule has 1 amide bonds. The van der Waals surface area contributed by atoms with Crippen molar-refractivity contribution >= 4 is 5.91 Å². The van der Waals surface area contributed by atoms with Gasteiger partial charge in [0.15, 0.2) is 11.5 Å². The Bertz CT molecular complexity index is 604. The lowest BCUT2D eigenvalue weighted by Gasteiger charge is -2.26. The highest BCUT2D eigenvalue weighted by Gasteiger charge is 2.15. The molecule has 1 heterocycles. The fourth-order valence-electron chi connectivity index (χ4n) is 3.54. The van der Waals surface area contributed by atoms with E-state index < -0.39 is 6.10 Å². The third kappa shape index (κ3) is 9.47. The molecule has 29 heavy (non-hydrogen) atoms. The Hall–Kier alpha value is -1.83. The number of likely N-dealkylation sites (tertiary alicyclic amines) is 1. The summed E-state index contributed by atoms with van der Waals surface area (Å²) < 4.78 is 11.3. The van der Waals surface area contributed by atoms with Crippen molar-refractivity contribution in [2.45, 2.75) is 51.7 Å². The van der Waals surface area contributed by atoms with Gasteiger partial charge in [-0.25, -0.2) is 0 Å². The van der Waals surface area contributed by atoms with Crippen molar-refractivity contribution in [2.24, 2.45) is 0 Å². The minimum absolute atomic E-state index is 0.0266. The Kier molecular flexibility index (Phi) is 10.8. The largest absolute Gasteiger partial charge is 0.493 e. The van der Waals surface area contributed by atoms with E-state index >= 15 is 0 Å². The zero-order valence-corrected chi connectivity index (χ0v) is 17.9. The molecule has 1 aliphatic heterocycles. The average Bonchev–Trinajstić information content (AvgIpc) is 2.68. The van der Waals surface area contributed by atoms with Crippen LogP contribution in [0.15, 0.2) is 18.2 Å². The van der Waals surface area contributed by atoms with Crippen molar-refractivity contribution < 1.29 is 19.4 Å². The summed E-state index contributed by atoms with van der Waals surface area (Å²) >= 11 is 0. The molecule has 0 spiro atoms. The van der Waals surface area contributed by atoms with Crippen LogP contribution in [0, 0.1) is 0 Å². The highest BCUT2D eigenvalue weighted by molar-refractivity contribution is 5.72. The summed E-state index contributed by atoms with van der Waals surface area (Å²) in [7, 11) is 1.62. The minimum Gasteiger partial charge on any atom is -0.493 e. The van der Waals surface area contributed by atoms with Gasteiger partial charge < -0.3 is 30.1 Å². The predicted octanol–water partition coefficient (Wildman–Crippen LogP) is 1.93. The molecule has 1 aliphatic rings. The Morgan fingerprint density at radius 1 is 1.14 bits per heavy atom. The highest BCUT2D eigenvalue weighted by Crippen LogP contribution is 2.28. The molecule has 1 saturated heterocycles. The molecule has 0 aromatic heterocycles. The van der Waals surface area contributed by atoms with Crippen molar-refractivity contribution in [1.82, 2.24) is 15.5 Å². The maximum Gasteiger partial charge on any atom is 0.216 e. The zero-order chi connectivity index (χ0) is 20.9. The van der Waals surface area contributed by atoms with Crippen LogP contribution in [0.5, 0.6) is 11.5 Å². The number of β-amino-alcohol motifs (C(OH)–C–C–N with tert-alkyl or cyclic N) is 1. The summed E-state index contributed by atoms with van der Waals surface area (Å²) in [6.07, 6.45) is 5.78. The molecular weight excluding hydrogens is 370 g/mol. The standard InChI is InChI=1S/C22H37N3O4/c1-18(26)24-11-10-23-15-19-8-9-21(28-2)22(14-19)29-17-20(27)16-25-12-6-4-3-5-7-13-25/h8-9,14,20,23,27H,3-7,10-13,15-17H2,1-2H3,(H,24,26). The molecule has 3 N–H and O–H groups in total. The molecule has 7 heteroatoms. The second kappa shape index (κ2) is 13.4. The summed E-state index contributed by atoms with van der Waals surface area (Å²) in [6, 6.07) is 5.80. The number of nitrogens with zero attached hydrogens (tertiary/aromatic N) is 1. The molecule has 0 saturated carbocycles. The van der Waals surface area contributed by atoms with Crippen molar-refractivity contribution in [3.05, 3.63) is 23.8 Å². The number of aliphatic hydroxyl groups excluding tert-OH is 1. The normalized spacial score (nSPS) is 16.5. The van der Waals surface area contributed by atoms with E-state index in [1.54, 1.807) is 7.11 Å². The lowest BCUT2D eigenvalue weighted by molar-refractivity contribution is -0.118. The molecule has 1 aromatic rings. The predicted molar refractivity (Wildman–Crippen MR) is 114 cm³/mol.